The van der Waals surface area contributed by atoms with Crippen molar-refractivity contribution in [1.82, 2.24) is 5.32 Å². The van der Waals surface area contributed by atoms with E-state index in [-0.39, 0.29) is 18.3 Å². The van der Waals surface area contributed by atoms with E-state index in [0.29, 0.717) is 23.5 Å². The van der Waals surface area contributed by atoms with Crippen LogP contribution in [0, 0.1) is 5.82 Å². The van der Waals surface area contributed by atoms with E-state index in [1.165, 1.54) is 12.1 Å². The van der Waals surface area contributed by atoms with Gasteiger partial charge < -0.3 is 14.8 Å². The zero-order chi connectivity index (χ0) is 16.7. The Balaban J connectivity index is 1.95. The molecule has 0 saturated carbocycles. The van der Waals surface area contributed by atoms with Crippen molar-refractivity contribution in [3.63, 3.8) is 0 Å². The summed E-state index contributed by atoms with van der Waals surface area (Å²) in [5.74, 6) is 0.672. The number of benzene rings is 2. The number of methoxy groups -OCH3 is 1. The van der Waals surface area contributed by atoms with E-state index >= 15 is 0 Å². The molecule has 1 atom stereocenters. The maximum Gasteiger partial charge on any atom is 0.261 e. The fraction of sp³-hybridized carbons (Fsp3) is 0.278. The second-order valence-electron chi connectivity index (χ2n) is 5.04. The van der Waals surface area contributed by atoms with Gasteiger partial charge in [-0.2, -0.15) is 0 Å². The van der Waals surface area contributed by atoms with E-state index in [4.69, 9.17) is 9.47 Å². The summed E-state index contributed by atoms with van der Waals surface area (Å²) in [5, 5.41) is 2.76. The van der Waals surface area contributed by atoms with Crippen molar-refractivity contribution in [1.29, 1.82) is 0 Å². The normalized spacial score (nSPS) is 11.6. The lowest BCUT2D eigenvalue weighted by Gasteiger charge is -2.17. The number of rotatable bonds is 7. The molecule has 2 aromatic carbocycles. The van der Waals surface area contributed by atoms with Gasteiger partial charge in [0.1, 0.15) is 17.3 Å². The second-order valence-corrected chi connectivity index (χ2v) is 5.04. The molecule has 4 nitrogen and oxygen atoms in total. The third-order valence-electron chi connectivity index (χ3n) is 3.34. The van der Waals surface area contributed by atoms with Crippen LogP contribution in [-0.2, 0) is 11.3 Å². The Morgan fingerprint density at radius 2 is 1.91 bits per heavy atom. The highest BCUT2D eigenvalue weighted by molar-refractivity contribution is 5.81. The van der Waals surface area contributed by atoms with Crippen molar-refractivity contribution in [2.45, 2.75) is 26.0 Å². The Kier molecular flexibility index (Phi) is 5.97. The number of hydrogen-bond acceptors (Lipinski definition) is 3. The molecule has 0 fully saturated rings. The van der Waals surface area contributed by atoms with E-state index in [9.17, 15) is 9.18 Å². The van der Waals surface area contributed by atoms with Crippen molar-refractivity contribution in [2.24, 2.45) is 0 Å². The lowest BCUT2D eigenvalue weighted by Crippen LogP contribution is -2.37. The Hall–Kier alpha value is -2.56. The van der Waals surface area contributed by atoms with Crippen LogP contribution >= 0.6 is 0 Å². The zero-order valence-electron chi connectivity index (χ0n) is 13.2. The van der Waals surface area contributed by atoms with Crippen LogP contribution in [0.2, 0.25) is 0 Å². The van der Waals surface area contributed by atoms with Gasteiger partial charge in [-0.15, -0.1) is 0 Å². The average molecular weight is 317 g/mol. The number of halogens is 1. The van der Waals surface area contributed by atoms with Crippen LogP contribution in [0.25, 0.3) is 0 Å². The SMILES string of the molecule is CCC(Oc1cccc(OC)c1)C(=O)NCc1cccc(F)c1. The van der Waals surface area contributed by atoms with Gasteiger partial charge >= 0.3 is 0 Å². The molecule has 0 aliphatic carbocycles. The summed E-state index contributed by atoms with van der Waals surface area (Å²) in [6.45, 7) is 2.13. The molecule has 0 radical (unpaired) electrons. The van der Waals surface area contributed by atoms with E-state index in [0.717, 1.165) is 0 Å². The molecule has 5 heteroatoms. The first kappa shape index (κ1) is 16.8. The molecule has 2 aromatic rings. The lowest BCUT2D eigenvalue weighted by molar-refractivity contribution is -0.128. The lowest BCUT2D eigenvalue weighted by atomic mass is 10.2. The van der Waals surface area contributed by atoms with Crippen LogP contribution in [0.4, 0.5) is 4.39 Å². The minimum Gasteiger partial charge on any atom is -0.497 e. The molecule has 0 heterocycles. The number of amides is 1. The third kappa shape index (κ3) is 4.98. The molecule has 122 valence electrons. The first-order valence-electron chi connectivity index (χ1n) is 7.45. The molecule has 0 spiro atoms. The Morgan fingerprint density at radius 1 is 1.17 bits per heavy atom. The van der Waals surface area contributed by atoms with E-state index < -0.39 is 6.10 Å². The predicted molar refractivity (Wildman–Crippen MR) is 85.9 cm³/mol. The molecule has 2 rings (SSSR count). The highest BCUT2D eigenvalue weighted by atomic mass is 19.1. The van der Waals surface area contributed by atoms with Crippen LogP contribution in [-0.4, -0.2) is 19.1 Å². The molecular weight excluding hydrogens is 297 g/mol. The van der Waals surface area contributed by atoms with Gasteiger partial charge in [-0.1, -0.05) is 25.1 Å². The zero-order valence-corrected chi connectivity index (χ0v) is 13.2. The molecule has 0 aromatic heterocycles. The second kappa shape index (κ2) is 8.17. The minimum absolute atomic E-state index is 0.236. The summed E-state index contributed by atoms with van der Waals surface area (Å²) in [4.78, 5) is 12.2. The maximum absolute atomic E-state index is 13.1. The van der Waals surface area contributed by atoms with Crippen molar-refractivity contribution < 1.29 is 18.7 Å². The summed E-state index contributed by atoms with van der Waals surface area (Å²) in [6.07, 6.45) is -0.0951. The van der Waals surface area contributed by atoms with Gasteiger partial charge in [-0.05, 0) is 36.2 Å². The van der Waals surface area contributed by atoms with Gasteiger partial charge in [0, 0.05) is 12.6 Å². The number of nitrogens with one attached hydrogen (secondary N) is 1. The topological polar surface area (TPSA) is 47.6 Å². The third-order valence-corrected chi connectivity index (χ3v) is 3.34. The summed E-state index contributed by atoms with van der Waals surface area (Å²) in [6, 6.07) is 13.2. The quantitative estimate of drug-likeness (QED) is 0.852. The molecular formula is C18H20FNO3. The van der Waals surface area contributed by atoms with Crippen LogP contribution in [0.1, 0.15) is 18.9 Å². The van der Waals surface area contributed by atoms with E-state index in [1.807, 2.05) is 6.92 Å². The fourth-order valence-corrected chi connectivity index (χ4v) is 2.11. The number of carbonyl (C=O) groups is 1. The van der Waals surface area contributed by atoms with E-state index in [1.54, 1.807) is 43.5 Å². The number of carbonyl (C=O) groups excluding carboxylic acids is 1. The Morgan fingerprint density at radius 3 is 2.61 bits per heavy atom. The van der Waals surface area contributed by atoms with Crippen molar-refractivity contribution in [3.8, 4) is 11.5 Å². The molecule has 23 heavy (non-hydrogen) atoms. The summed E-state index contributed by atoms with van der Waals surface area (Å²) in [7, 11) is 1.57. The maximum atomic E-state index is 13.1. The monoisotopic (exact) mass is 317 g/mol. The molecule has 1 N–H and O–H groups in total. The molecule has 0 saturated heterocycles. The van der Waals surface area contributed by atoms with Gasteiger partial charge in [0.25, 0.3) is 5.91 Å². The van der Waals surface area contributed by atoms with Crippen molar-refractivity contribution >= 4 is 5.91 Å². The van der Waals surface area contributed by atoms with Gasteiger partial charge in [-0.25, -0.2) is 4.39 Å². The molecule has 1 amide bonds. The standard InChI is InChI=1S/C18H20FNO3/c1-3-17(23-16-9-5-8-15(11-16)22-2)18(21)20-12-13-6-4-7-14(19)10-13/h4-11,17H,3,12H2,1-2H3,(H,20,21). The van der Waals surface area contributed by atoms with Crippen LogP contribution < -0.4 is 14.8 Å². The van der Waals surface area contributed by atoms with Crippen LogP contribution in [0.5, 0.6) is 11.5 Å². The highest BCUT2D eigenvalue weighted by Crippen LogP contribution is 2.20. The summed E-state index contributed by atoms with van der Waals surface area (Å²) < 4.78 is 24.0. The smallest absolute Gasteiger partial charge is 0.261 e. The Bertz CT molecular complexity index is 660. The largest absolute Gasteiger partial charge is 0.497 e. The van der Waals surface area contributed by atoms with Gasteiger partial charge in [0.15, 0.2) is 6.10 Å². The van der Waals surface area contributed by atoms with Crippen molar-refractivity contribution in [3.05, 3.63) is 59.9 Å². The average Bonchev–Trinajstić information content (AvgIpc) is 2.58. The molecule has 1 unspecified atom stereocenters. The Labute approximate surface area is 135 Å². The molecule has 0 aliphatic rings. The predicted octanol–water partition coefficient (Wildman–Crippen LogP) is 3.31. The number of hydrogen-bond donors (Lipinski definition) is 1. The van der Waals surface area contributed by atoms with Crippen molar-refractivity contribution in [2.75, 3.05) is 7.11 Å². The highest BCUT2D eigenvalue weighted by Gasteiger charge is 2.18. The first-order chi connectivity index (χ1) is 11.1. The first-order valence-corrected chi connectivity index (χ1v) is 7.45. The van der Waals surface area contributed by atoms with Crippen LogP contribution in [0.3, 0.4) is 0 Å². The molecule has 0 bridgehead atoms. The summed E-state index contributed by atoms with van der Waals surface area (Å²) >= 11 is 0. The van der Waals surface area contributed by atoms with Gasteiger partial charge in [0.05, 0.1) is 7.11 Å². The minimum atomic E-state index is -0.615. The fourth-order valence-electron chi connectivity index (χ4n) is 2.11. The summed E-state index contributed by atoms with van der Waals surface area (Å²) in [5.41, 5.74) is 0.703. The number of ether oxygens (including phenoxy) is 2. The van der Waals surface area contributed by atoms with E-state index in [2.05, 4.69) is 5.32 Å². The molecule has 0 aliphatic heterocycles. The van der Waals surface area contributed by atoms with Crippen LogP contribution in [0.15, 0.2) is 48.5 Å². The van der Waals surface area contributed by atoms with Gasteiger partial charge in [0.2, 0.25) is 0 Å². The van der Waals surface area contributed by atoms with Gasteiger partial charge in [-0.3, -0.25) is 4.79 Å².